The molecular formula is C31H47N5O5S2. The fourth-order valence-corrected chi connectivity index (χ4v) is 8.30. The number of benzene rings is 1. The second-order valence-electron chi connectivity index (χ2n) is 12.1. The fraction of sp³-hybridized carbons (Fsp3) is 0.677. The summed E-state index contributed by atoms with van der Waals surface area (Å²) in [6.07, 6.45) is 6.78. The van der Waals surface area contributed by atoms with E-state index in [9.17, 15) is 22.8 Å². The molecule has 3 atom stereocenters. The third kappa shape index (κ3) is 9.71. The summed E-state index contributed by atoms with van der Waals surface area (Å²) in [5.74, 6) is -0.391. The van der Waals surface area contributed by atoms with E-state index in [0.717, 1.165) is 47.3 Å². The van der Waals surface area contributed by atoms with Crippen molar-refractivity contribution in [2.75, 3.05) is 37.7 Å². The van der Waals surface area contributed by atoms with Crippen molar-refractivity contribution in [2.24, 2.45) is 11.8 Å². The third-order valence-electron chi connectivity index (χ3n) is 8.72. The minimum absolute atomic E-state index is 0.111. The lowest BCUT2D eigenvalue weighted by Crippen LogP contribution is -2.55. The van der Waals surface area contributed by atoms with Gasteiger partial charge in [-0.15, -0.1) is 11.3 Å². The van der Waals surface area contributed by atoms with Gasteiger partial charge in [0, 0.05) is 51.0 Å². The van der Waals surface area contributed by atoms with Gasteiger partial charge in [0.15, 0.2) is 9.84 Å². The van der Waals surface area contributed by atoms with Crippen molar-refractivity contribution in [3.63, 3.8) is 0 Å². The van der Waals surface area contributed by atoms with Crippen LogP contribution in [0.5, 0.6) is 0 Å². The largest absolute Gasteiger partial charge is 0.354 e. The van der Waals surface area contributed by atoms with Gasteiger partial charge in [-0.3, -0.25) is 14.4 Å². The number of fused-ring (bicyclic) bond motifs is 1. The van der Waals surface area contributed by atoms with E-state index in [-0.39, 0.29) is 53.5 Å². The Balaban J connectivity index is 1.41. The van der Waals surface area contributed by atoms with Crippen LogP contribution in [-0.2, 0) is 37.1 Å². The van der Waals surface area contributed by atoms with Crippen LogP contribution in [0.3, 0.4) is 0 Å². The Kier molecular flexibility index (Phi) is 12.0. The molecule has 1 aliphatic carbocycles. The Labute approximate surface area is 259 Å². The number of hydrogen-bond acceptors (Lipinski definition) is 8. The predicted molar refractivity (Wildman–Crippen MR) is 171 cm³/mol. The van der Waals surface area contributed by atoms with Gasteiger partial charge in [-0.1, -0.05) is 46.1 Å². The van der Waals surface area contributed by atoms with Gasteiger partial charge in [0.2, 0.25) is 17.7 Å². The average molecular weight is 634 g/mol. The van der Waals surface area contributed by atoms with Gasteiger partial charge >= 0.3 is 0 Å². The van der Waals surface area contributed by atoms with Crippen molar-refractivity contribution in [1.82, 2.24) is 25.8 Å². The molecule has 2 aromatic rings. The molecule has 0 radical (unpaired) electrons. The zero-order valence-electron chi connectivity index (χ0n) is 25.7. The van der Waals surface area contributed by atoms with Crippen molar-refractivity contribution in [3.8, 4) is 0 Å². The third-order valence-corrected chi connectivity index (χ3v) is 11.4. The van der Waals surface area contributed by atoms with E-state index in [2.05, 4.69) is 35.0 Å². The Morgan fingerprint density at radius 1 is 1.05 bits per heavy atom. The SMILES string of the molecule is CCC(=O)N[C@@H](Cc1nc2ccc(CC)cc2s1)C(=O)N[C@H](CNC(=O)C(C)CN1CCS(=O)(=O)CC1)C1CCCCC1. The highest BCUT2D eigenvalue weighted by Crippen LogP contribution is 2.27. The zero-order chi connectivity index (χ0) is 31.0. The molecule has 238 valence electrons. The van der Waals surface area contributed by atoms with Crippen LogP contribution in [0.4, 0.5) is 0 Å². The van der Waals surface area contributed by atoms with Gasteiger partial charge in [0.1, 0.15) is 6.04 Å². The smallest absolute Gasteiger partial charge is 0.243 e. The van der Waals surface area contributed by atoms with Gasteiger partial charge in [-0.05, 0) is 42.9 Å². The summed E-state index contributed by atoms with van der Waals surface area (Å²) >= 11 is 1.55. The quantitative estimate of drug-likeness (QED) is 0.309. The number of carbonyl (C=O) groups excluding carboxylic acids is 3. The summed E-state index contributed by atoms with van der Waals surface area (Å²) in [4.78, 5) is 46.0. The number of hydrogen-bond donors (Lipinski definition) is 3. The van der Waals surface area contributed by atoms with Crippen LogP contribution in [-0.4, -0.2) is 85.8 Å². The predicted octanol–water partition coefficient (Wildman–Crippen LogP) is 2.84. The molecule has 1 saturated heterocycles. The maximum atomic E-state index is 13.7. The van der Waals surface area contributed by atoms with E-state index in [4.69, 9.17) is 4.98 Å². The van der Waals surface area contributed by atoms with E-state index in [1.165, 1.54) is 12.0 Å². The fourth-order valence-electron chi connectivity index (χ4n) is 5.95. The lowest BCUT2D eigenvalue weighted by atomic mass is 9.83. The van der Waals surface area contributed by atoms with E-state index in [1.54, 1.807) is 18.3 Å². The first-order chi connectivity index (χ1) is 20.6. The number of carbonyl (C=O) groups is 3. The van der Waals surface area contributed by atoms with Gasteiger partial charge in [0.25, 0.3) is 0 Å². The van der Waals surface area contributed by atoms with Crippen molar-refractivity contribution in [1.29, 1.82) is 0 Å². The van der Waals surface area contributed by atoms with E-state index >= 15 is 0 Å². The van der Waals surface area contributed by atoms with E-state index in [0.29, 0.717) is 32.6 Å². The Morgan fingerprint density at radius 3 is 2.44 bits per heavy atom. The minimum Gasteiger partial charge on any atom is -0.354 e. The Hall–Kier alpha value is -2.57. The van der Waals surface area contributed by atoms with Crippen LogP contribution >= 0.6 is 11.3 Å². The molecule has 0 bridgehead atoms. The molecule has 4 rings (SSSR count). The molecule has 1 aromatic heterocycles. The van der Waals surface area contributed by atoms with Crippen molar-refractivity contribution in [3.05, 3.63) is 28.8 Å². The first-order valence-corrected chi connectivity index (χ1v) is 18.4. The molecule has 12 heteroatoms. The molecule has 2 aliphatic rings. The second-order valence-corrected chi connectivity index (χ2v) is 15.5. The minimum atomic E-state index is -2.98. The molecule has 1 unspecified atom stereocenters. The Morgan fingerprint density at radius 2 is 1.77 bits per heavy atom. The standard InChI is InChI=1S/C31H47N5O5S2/c1-4-22-11-12-24-27(17-22)42-29(34-24)18-25(33-28(37)5-2)31(39)35-26(23-9-7-6-8-10-23)19-32-30(38)21(3)20-36-13-15-43(40,41)16-14-36/h11-12,17,21,23,25-26H,4-10,13-16,18-20H2,1-3H3,(H,32,38)(H,33,37)(H,35,39)/t21?,25-,26+/m0/s1. The highest BCUT2D eigenvalue weighted by atomic mass is 32.2. The highest BCUT2D eigenvalue weighted by molar-refractivity contribution is 7.91. The van der Waals surface area contributed by atoms with Gasteiger partial charge in [0.05, 0.1) is 26.7 Å². The number of rotatable bonds is 13. The van der Waals surface area contributed by atoms with Crippen LogP contribution in [0.1, 0.15) is 69.9 Å². The summed E-state index contributed by atoms with van der Waals surface area (Å²) in [5, 5.41) is 9.97. The van der Waals surface area contributed by atoms with Crippen molar-refractivity contribution < 1.29 is 22.8 Å². The summed E-state index contributed by atoms with van der Waals surface area (Å²) < 4.78 is 24.6. The number of nitrogens with zero attached hydrogens (tertiary/aromatic N) is 2. The topological polar surface area (TPSA) is 138 Å². The molecule has 1 aromatic carbocycles. The monoisotopic (exact) mass is 633 g/mol. The first-order valence-electron chi connectivity index (χ1n) is 15.8. The molecule has 3 amide bonds. The lowest BCUT2D eigenvalue weighted by molar-refractivity contribution is -0.130. The summed E-state index contributed by atoms with van der Waals surface area (Å²) in [6, 6.07) is 5.17. The van der Waals surface area contributed by atoms with Crippen LogP contribution < -0.4 is 16.0 Å². The van der Waals surface area contributed by atoms with Crippen LogP contribution in [0.2, 0.25) is 0 Å². The number of aromatic nitrogens is 1. The van der Waals surface area contributed by atoms with Gasteiger partial charge < -0.3 is 20.9 Å². The molecule has 43 heavy (non-hydrogen) atoms. The van der Waals surface area contributed by atoms with Crippen LogP contribution in [0.15, 0.2) is 18.2 Å². The molecule has 3 N–H and O–H groups in total. The number of nitrogens with one attached hydrogen (secondary N) is 3. The molecule has 10 nitrogen and oxygen atoms in total. The normalized spacial score (nSPS) is 19.8. The number of thiazole rings is 1. The molecule has 1 aliphatic heterocycles. The van der Waals surface area contributed by atoms with Crippen LogP contribution in [0.25, 0.3) is 10.2 Å². The first kappa shape index (κ1) is 33.3. The summed E-state index contributed by atoms with van der Waals surface area (Å²) in [6.45, 7) is 7.42. The zero-order valence-corrected chi connectivity index (χ0v) is 27.3. The van der Waals surface area contributed by atoms with E-state index in [1.807, 2.05) is 17.9 Å². The number of amides is 3. The molecule has 1 saturated carbocycles. The highest BCUT2D eigenvalue weighted by Gasteiger charge is 2.31. The van der Waals surface area contributed by atoms with Gasteiger partial charge in [-0.25, -0.2) is 13.4 Å². The molecular weight excluding hydrogens is 587 g/mol. The second kappa shape index (κ2) is 15.4. The number of aryl methyl sites for hydroxylation is 1. The Bertz CT molecular complexity index is 1360. The lowest BCUT2D eigenvalue weighted by Gasteiger charge is -2.33. The van der Waals surface area contributed by atoms with Crippen LogP contribution in [0, 0.1) is 11.8 Å². The molecule has 2 heterocycles. The molecule has 2 fully saturated rings. The van der Waals surface area contributed by atoms with E-state index < -0.39 is 15.9 Å². The van der Waals surface area contributed by atoms with Crippen molar-refractivity contribution in [2.45, 2.75) is 84.2 Å². The summed E-state index contributed by atoms with van der Waals surface area (Å²) in [5.41, 5.74) is 2.12. The maximum Gasteiger partial charge on any atom is 0.243 e. The van der Waals surface area contributed by atoms with Crippen molar-refractivity contribution >= 4 is 49.1 Å². The maximum absolute atomic E-state index is 13.7. The average Bonchev–Trinajstić information content (AvgIpc) is 3.41. The molecule has 0 spiro atoms. The van der Waals surface area contributed by atoms with Gasteiger partial charge in [-0.2, -0.15) is 0 Å². The number of sulfone groups is 1. The summed E-state index contributed by atoms with van der Waals surface area (Å²) in [7, 11) is -2.98.